The Bertz CT molecular complexity index is 287. The molecule has 0 aliphatic carbocycles. The molecule has 0 unspecified atom stereocenters. The minimum Gasteiger partial charge on any atom is -0.491 e. The van der Waals surface area contributed by atoms with Gasteiger partial charge >= 0.3 is 7.82 Å². The van der Waals surface area contributed by atoms with Crippen molar-refractivity contribution in [3.8, 4) is 5.75 Å². The lowest BCUT2D eigenvalue weighted by atomic mass is 10.3. The van der Waals surface area contributed by atoms with Gasteiger partial charge in [-0.2, -0.15) is 0 Å². The number of aliphatic hydroxyl groups is 1. The second-order valence-corrected chi connectivity index (χ2v) is 3.42. The molecule has 7 heteroatoms. The van der Waals surface area contributed by atoms with E-state index in [2.05, 4.69) is 0 Å². The number of aliphatic hydroxyl groups excluding tert-OH is 1. The van der Waals surface area contributed by atoms with Gasteiger partial charge in [-0.1, -0.05) is 18.2 Å². The minimum atomic E-state index is -4.64. The maximum atomic E-state index is 8.88. The summed E-state index contributed by atoms with van der Waals surface area (Å²) in [5.41, 5.74) is 0. The second kappa shape index (κ2) is 7.39. The number of phosphoric acid groups is 1. The summed E-state index contributed by atoms with van der Waals surface area (Å²) in [7, 11) is -4.64. The van der Waals surface area contributed by atoms with Gasteiger partial charge in [-0.05, 0) is 12.1 Å². The zero-order valence-electron chi connectivity index (χ0n) is 7.85. The lowest BCUT2D eigenvalue weighted by molar-refractivity contribution is 0.201. The SMILES string of the molecule is O=P(O)(O)O.OCCOc1ccccc1. The Hall–Kier alpha value is -0.910. The van der Waals surface area contributed by atoms with Crippen LogP contribution in [-0.2, 0) is 4.57 Å². The van der Waals surface area contributed by atoms with E-state index in [0.717, 1.165) is 5.75 Å². The van der Waals surface area contributed by atoms with Crippen molar-refractivity contribution in [1.82, 2.24) is 0 Å². The van der Waals surface area contributed by atoms with Gasteiger partial charge in [0.05, 0.1) is 6.61 Å². The van der Waals surface area contributed by atoms with Crippen molar-refractivity contribution in [2.24, 2.45) is 0 Å². The Balaban J connectivity index is 0.000000336. The molecule has 4 N–H and O–H groups in total. The summed E-state index contributed by atoms with van der Waals surface area (Å²) in [5.74, 6) is 0.802. The Morgan fingerprint density at radius 2 is 1.60 bits per heavy atom. The third kappa shape index (κ3) is 13.1. The molecule has 0 aliphatic heterocycles. The van der Waals surface area contributed by atoms with Crippen LogP contribution < -0.4 is 4.74 Å². The van der Waals surface area contributed by atoms with E-state index in [1.165, 1.54) is 0 Å². The van der Waals surface area contributed by atoms with Gasteiger partial charge in [0.2, 0.25) is 0 Å². The first kappa shape index (κ1) is 14.1. The summed E-state index contributed by atoms with van der Waals surface area (Å²) in [5, 5.41) is 8.40. The summed E-state index contributed by atoms with van der Waals surface area (Å²) >= 11 is 0. The van der Waals surface area contributed by atoms with E-state index in [4.69, 9.17) is 29.1 Å². The van der Waals surface area contributed by atoms with Gasteiger partial charge in [-0.25, -0.2) is 4.57 Å². The van der Waals surface area contributed by atoms with Gasteiger partial charge in [0.1, 0.15) is 12.4 Å². The minimum absolute atomic E-state index is 0.0644. The van der Waals surface area contributed by atoms with E-state index in [9.17, 15) is 0 Å². The smallest absolute Gasteiger partial charge is 0.466 e. The number of para-hydroxylation sites is 1. The molecule has 0 aliphatic rings. The number of benzene rings is 1. The molecule has 15 heavy (non-hydrogen) atoms. The summed E-state index contributed by atoms with van der Waals surface area (Å²) in [6.45, 7) is 0.429. The Morgan fingerprint density at radius 1 is 1.13 bits per heavy atom. The van der Waals surface area contributed by atoms with Crippen molar-refractivity contribution in [2.75, 3.05) is 13.2 Å². The quantitative estimate of drug-likeness (QED) is 0.555. The highest BCUT2D eigenvalue weighted by Gasteiger charge is 2.00. The molecule has 0 amide bonds. The molecule has 0 heterocycles. The van der Waals surface area contributed by atoms with Gasteiger partial charge in [-0.3, -0.25) is 0 Å². The fourth-order valence-electron chi connectivity index (χ4n) is 0.680. The van der Waals surface area contributed by atoms with Crippen LogP contribution in [0.5, 0.6) is 5.75 Å². The van der Waals surface area contributed by atoms with Crippen LogP contribution >= 0.6 is 7.82 Å². The summed E-state index contributed by atoms with van der Waals surface area (Å²) in [6.07, 6.45) is 0. The van der Waals surface area contributed by atoms with Crippen molar-refractivity contribution in [3.63, 3.8) is 0 Å². The monoisotopic (exact) mass is 236 g/mol. The predicted molar refractivity (Wildman–Crippen MR) is 53.3 cm³/mol. The van der Waals surface area contributed by atoms with Crippen LogP contribution in [0.1, 0.15) is 0 Å². The highest BCUT2D eigenvalue weighted by molar-refractivity contribution is 7.45. The number of ether oxygens (including phenoxy) is 1. The molecule has 0 bridgehead atoms. The molecule has 86 valence electrons. The first-order valence-corrected chi connectivity index (χ1v) is 5.57. The Kier molecular flexibility index (Phi) is 6.94. The molecule has 0 atom stereocenters. The largest absolute Gasteiger partial charge is 0.491 e. The van der Waals surface area contributed by atoms with E-state index in [1.807, 2.05) is 30.3 Å². The van der Waals surface area contributed by atoms with Crippen LogP contribution in [0, 0.1) is 0 Å². The highest BCUT2D eigenvalue weighted by Crippen LogP contribution is 2.25. The molecule has 0 radical (unpaired) electrons. The number of hydrogen-bond donors (Lipinski definition) is 4. The highest BCUT2D eigenvalue weighted by atomic mass is 31.2. The lowest BCUT2D eigenvalue weighted by Crippen LogP contribution is -2.00. The van der Waals surface area contributed by atoms with Crippen LogP contribution in [-0.4, -0.2) is 33.0 Å². The Labute approximate surface area is 87.0 Å². The molecule has 6 nitrogen and oxygen atoms in total. The van der Waals surface area contributed by atoms with Crippen molar-refractivity contribution in [3.05, 3.63) is 30.3 Å². The molecule has 0 aromatic heterocycles. The molecule has 0 spiro atoms. The fraction of sp³-hybridized carbons (Fsp3) is 0.250. The molecule has 1 rings (SSSR count). The number of hydrogen-bond acceptors (Lipinski definition) is 3. The van der Waals surface area contributed by atoms with Crippen molar-refractivity contribution >= 4 is 7.82 Å². The van der Waals surface area contributed by atoms with Crippen LogP contribution in [0.3, 0.4) is 0 Å². The molecule has 0 fully saturated rings. The van der Waals surface area contributed by atoms with Gasteiger partial charge in [0.15, 0.2) is 0 Å². The average molecular weight is 236 g/mol. The van der Waals surface area contributed by atoms with Gasteiger partial charge in [0.25, 0.3) is 0 Å². The third-order valence-corrected chi connectivity index (χ3v) is 1.10. The van der Waals surface area contributed by atoms with E-state index < -0.39 is 7.82 Å². The normalized spacial score (nSPS) is 10.1. The van der Waals surface area contributed by atoms with Crippen LogP contribution in [0.15, 0.2) is 30.3 Å². The summed E-state index contributed by atoms with van der Waals surface area (Å²) in [6, 6.07) is 9.43. The first-order chi connectivity index (χ1) is 6.93. The summed E-state index contributed by atoms with van der Waals surface area (Å²) < 4.78 is 14.0. The molecular weight excluding hydrogens is 223 g/mol. The zero-order chi connectivity index (χ0) is 11.7. The first-order valence-electron chi connectivity index (χ1n) is 4.00. The Morgan fingerprint density at radius 3 is 2.00 bits per heavy atom. The summed E-state index contributed by atoms with van der Waals surface area (Å²) in [4.78, 5) is 21.6. The molecule has 1 aromatic rings. The second-order valence-electron chi connectivity index (χ2n) is 2.40. The molecular formula is C8H13O6P. The van der Waals surface area contributed by atoms with Crippen LogP contribution in [0.25, 0.3) is 0 Å². The van der Waals surface area contributed by atoms with Crippen LogP contribution in [0.4, 0.5) is 0 Å². The van der Waals surface area contributed by atoms with E-state index >= 15 is 0 Å². The maximum Gasteiger partial charge on any atom is 0.466 e. The molecule has 1 aromatic carbocycles. The van der Waals surface area contributed by atoms with Gasteiger partial charge in [-0.15, -0.1) is 0 Å². The maximum absolute atomic E-state index is 8.88. The van der Waals surface area contributed by atoms with E-state index in [0.29, 0.717) is 6.61 Å². The zero-order valence-corrected chi connectivity index (χ0v) is 8.75. The van der Waals surface area contributed by atoms with E-state index in [1.54, 1.807) is 0 Å². The lowest BCUT2D eigenvalue weighted by Gasteiger charge is -2.01. The number of rotatable bonds is 3. The predicted octanol–water partition coefficient (Wildman–Crippen LogP) is 0.129. The third-order valence-electron chi connectivity index (χ3n) is 1.10. The van der Waals surface area contributed by atoms with Gasteiger partial charge in [0, 0.05) is 0 Å². The standard InChI is InChI=1S/C8H10O2.H3O4P/c9-6-7-10-8-4-2-1-3-5-8;1-5(2,3)4/h1-5,9H,6-7H2;(H3,1,2,3,4). The van der Waals surface area contributed by atoms with Crippen molar-refractivity contribution in [1.29, 1.82) is 0 Å². The molecule has 0 saturated carbocycles. The van der Waals surface area contributed by atoms with Crippen molar-refractivity contribution < 1.29 is 29.1 Å². The fourth-order valence-corrected chi connectivity index (χ4v) is 0.680. The average Bonchev–Trinajstić information content (AvgIpc) is 2.14. The van der Waals surface area contributed by atoms with Gasteiger partial charge < -0.3 is 24.5 Å². The van der Waals surface area contributed by atoms with Crippen molar-refractivity contribution in [2.45, 2.75) is 0 Å². The molecule has 0 saturated heterocycles. The van der Waals surface area contributed by atoms with Crippen LogP contribution in [0.2, 0.25) is 0 Å². The topological polar surface area (TPSA) is 107 Å². The van der Waals surface area contributed by atoms with E-state index in [-0.39, 0.29) is 6.61 Å².